The number of piperazine rings is 1. The summed E-state index contributed by atoms with van der Waals surface area (Å²) in [5.41, 5.74) is 3.99. The van der Waals surface area contributed by atoms with Crippen LogP contribution in [-0.2, 0) is 11.2 Å². The van der Waals surface area contributed by atoms with Gasteiger partial charge >= 0.3 is 0 Å². The quantitative estimate of drug-likeness (QED) is 0.459. The van der Waals surface area contributed by atoms with Gasteiger partial charge in [0.2, 0.25) is 11.9 Å². The number of pyridine rings is 1. The lowest BCUT2D eigenvalue weighted by Gasteiger charge is -2.34. The van der Waals surface area contributed by atoms with E-state index in [1.165, 1.54) is 5.56 Å². The number of rotatable bonds is 0. The average Bonchev–Trinajstić information content (AvgIpc) is 2.88. The molecule has 0 aliphatic carbocycles. The maximum absolute atomic E-state index is 12.3. The van der Waals surface area contributed by atoms with Crippen LogP contribution in [0.2, 0.25) is 0 Å². The van der Waals surface area contributed by atoms with Gasteiger partial charge in [-0.1, -0.05) is 12.1 Å². The summed E-state index contributed by atoms with van der Waals surface area (Å²) >= 11 is 0. The lowest BCUT2D eigenvalue weighted by Crippen LogP contribution is -2.49. The number of nitrogens with one attached hydrogen (secondary N) is 3. The minimum atomic E-state index is 0.101. The molecule has 0 radical (unpaired) electrons. The van der Waals surface area contributed by atoms with Crippen LogP contribution in [0.3, 0.4) is 0 Å². The summed E-state index contributed by atoms with van der Waals surface area (Å²) in [7, 11) is 0. The van der Waals surface area contributed by atoms with E-state index >= 15 is 0 Å². The number of benzene rings is 1. The van der Waals surface area contributed by atoms with Crippen molar-refractivity contribution in [3.8, 4) is 11.3 Å². The van der Waals surface area contributed by atoms with Crippen LogP contribution in [0.5, 0.6) is 0 Å². The van der Waals surface area contributed by atoms with Crippen molar-refractivity contribution in [2.45, 2.75) is 12.8 Å². The topological polar surface area (TPSA) is 98.3 Å². The normalized spacial score (nSPS) is 21.3. The minimum Gasteiger partial charge on any atom is -0.370 e. The fourth-order valence-corrected chi connectivity index (χ4v) is 4.41. The fraction of sp³-hybridized carbons (Fsp3) is 0.385. The van der Waals surface area contributed by atoms with E-state index in [9.17, 15) is 4.79 Å². The van der Waals surface area contributed by atoms with Gasteiger partial charge in [-0.3, -0.25) is 9.69 Å². The highest BCUT2D eigenvalue weighted by molar-refractivity contribution is 5.78. The first-order valence-electron chi connectivity index (χ1n) is 12.3. The van der Waals surface area contributed by atoms with Crippen molar-refractivity contribution >= 4 is 23.4 Å². The summed E-state index contributed by atoms with van der Waals surface area (Å²) in [6.07, 6.45) is 5.39. The number of amides is 1. The first kappa shape index (κ1) is 23.2. The summed E-state index contributed by atoms with van der Waals surface area (Å²) in [5, 5.41) is 9.71. The van der Waals surface area contributed by atoms with Crippen molar-refractivity contribution in [1.29, 1.82) is 0 Å². The number of carbonyl (C=O) groups is 1. The van der Waals surface area contributed by atoms with Crippen LogP contribution in [0.15, 0.2) is 54.9 Å². The zero-order valence-electron chi connectivity index (χ0n) is 19.9. The van der Waals surface area contributed by atoms with E-state index in [0.717, 1.165) is 74.9 Å². The zero-order chi connectivity index (χ0) is 23.9. The molecule has 1 saturated heterocycles. The van der Waals surface area contributed by atoms with Crippen LogP contribution < -0.4 is 16.0 Å². The van der Waals surface area contributed by atoms with E-state index in [-0.39, 0.29) is 5.91 Å². The first-order valence-corrected chi connectivity index (χ1v) is 12.3. The van der Waals surface area contributed by atoms with E-state index in [2.05, 4.69) is 58.9 Å². The maximum atomic E-state index is 12.3. The van der Waals surface area contributed by atoms with Gasteiger partial charge in [0, 0.05) is 69.5 Å². The molecule has 0 saturated carbocycles. The second kappa shape index (κ2) is 11.2. The van der Waals surface area contributed by atoms with Gasteiger partial charge in [0.25, 0.3) is 0 Å². The fourth-order valence-electron chi connectivity index (χ4n) is 4.41. The molecule has 0 spiro atoms. The van der Waals surface area contributed by atoms with Crippen LogP contribution in [0.1, 0.15) is 12.0 Å². The Morgan fingerprint density at radius 1 is 0.857 bits per heavy atom. The van der Waals surface area contributed by atoms with Crippen molar-refractivity contribution in [1.82, 2.24) is 30.1 Å². The van der Waals surface area contributed by atoms with Gasteiger partial charge in [-0.15, -0.1) is 0 Å². The van der Waals surface area contributed by atoms with Crippen molar-refractivity contribution in [2.24, 2.45) is 0 Å². The van der Waals surface area contributed by atoms with E-state index in [1.54, 1.807) is 6.20 Å². The lowest BCUT2D eigenvalue weighted by molar-refractivity contribution is -0.122. The smallest absolute Gasteiger partial charge is 0.234 e. The molecule has 0 atom stereocenters. The predicted octanol–water partition coefficient (Wildman–Crippen LogP) is 2.37. The van der Waals surface area contributed by atoms with Gasteiger partial charge in [0.1, 0.15) is 5.82 Å². The Labute approximate surface area is 206 Å². The molecule has 3 aromatic rings. The van der Waals surface area contributed by atoms with Gasteiger partial charge in [-0.05, 0) is 48.7 Å². The number of hydrogen-bond donors (Lipinski definition) is 3. The Kier molecular flexibility index (Phi) is 7.45. The van der Waals surface area contributed by atoms with Gasteiger partial charge in [-0.25, -0.2) is 15.0 Å². The molecule has 1 aromatic carbocycles. The second-order valence-electron chi connectivity index (χ2n) is 9.02. The summed E-state index contributed by atoms with van der Waals surface area (Å²) in [6.45, 7) is 6.69. The van der Waals surface area contributed by atoms with Gasteiger partial charge in [-0.2, -0.15) is 0 Å². The van der Waals surface area contributed by atoms with Crippen molar-refractivity contribution in [3.63, 3.8) is 0 Å². The third-order valence-corrected chi connectivity index (χ3v) is 6.43. The van der Waals surface area contributed by atoms with Crippen LogP contribution in [-0.4, -0.2) is 83.0 Å². The molecular weight excluding hydrogens is 440 g/mol. The number of nitrogens with zero attached hydrogens (tertiary/aromatic N) is 5. The SMILES string of the molecule is O=C1CN2CCN(CCc3cccc(c3)Nc3nccc(n3)-c3ccc(nc3)NCCCN1)CC2. The highest BCUT2D eigenvalue weighted by Crippen LogP contribution is 2.21. The summed E-state index contributed by atoms with van der Waals surface area (Å²) in [6, 6.07) is 14.3. The zero-order valence-corrected chi connectivity index (χ0v) is 19.9. The molecule has 1 amide bonds. The average molecular weight is 473 g/mol. The predicted molar refractivity (Wildman–Crippen MR) is 138 cm³/mol. The minimum absolute atomic E-state index is 0.101. The van der Waals surface area contributed by atoms with E-state index in [1.807, 2.05) is 30.5 Å². The molecule has 3 N–H and O–H groups in total. The molecule has 35 heavy (non-hydrogen) atoms. The third kappa shape index (κ3) is 6.52. The van der Waals surface area contributed by atoms with E-state index in [0.29, 0.717) is 19.0 Å². The Bertz CT molecular complexity index is 1130. The standard InChI is InChI=1S/C26H32N8O/c35-25-19-34-15-13-33(14-16-34)12-8-20-3-1-4-22(17-20)31-26-29-11-7-23(32-26)21-5-6-24(30-18-21)27-9-2-10-28-25/h1,3-7,11,17-18H,2,8-10,12-16,19H2,(H,27,30)(H,28,35)(H,29,31,32). The Hall–Kier alpha value is -3.56. The molecule has 9 nitrogen and oxygen atoms in total. The first-order chi connectivity index (χ1) is 17.2. The molecule has 1 fully saturated rings. The molecule has 2 aromatic heterocycles. The van der Waals surface area contributed by atoms with E-state index in [4.69, 9.17) is 0 Å². The summed E-state index contributed by atoms with van der Waals surface area (Å²) in [5.74, 6) is 1.47. The van der Waals surface area contributed by atoms with E-state index < -0.39 is 0 Å². The highest BCUT2D eigenvalue weighted by atomic mass is 16.2. The molecule has 5 aliphatic rings. The van der Waals surface area contributed by atoms with Crippen LogP contribution in [0, 0.1) is 0 Å². The molecule has 8 bridgehead atoms. The maximum Gasteiger partial charge on any atom is 0.234 e. The number of anilines is 3. The largest absolute Gasteiger partial charge is 0.370 e. The summed E-state index contributed by atoms with van der Waals surface area (Å²) < 4.78 is 0. The second-order valence-corrected chi connectivity index (χ2v) is 9.02. The van der Waals surface area contributed by atoms with Crippen LogP contribution in [0.25, 0.3) is 11.3 Å². The van der Waals surface area contributed by atoms with Crippen LogP contribution >= 0.6 is 0 Å². The monoisotopic (exact) mass is 472 g/mol. The molecule has 5 aliphatic heterocycles. The lowest BCUT2D eigenvalue weighted by atomic mass is 10.1. The highest BCUT2D eigenvalue weighted by Gasteiger charge is 2.18. The third-order valence-electron chi connectivity index (χ3n) is 6.43. The molecule has 7 heterocycles. The molecule has 9 heteroatoms. The van der Waals surface area contributed by atoms with Crippen LogP contribution in [0.4, 0.5) is 17.5 Å². The van der Waals surface area contributed by atoms with Crippen molar-refractivity contribution in [2.75, 3.05) is 63.0 Å². The molecule has 8 rings (SSSR count). The van der Waals surface area contributed by atoms with Crippen molar-refractivity contribution in [3.05, 3.63) is 60.4 Å². The van der Waals surface area contributed by atoms with Gasteiger partial charge in [0.15, 0.2) is 0 Å². The molecule has 182 valence electrons. The number of carbonyl (C=O) groups excluding carboxylic acids is 1. The summed E-state index contributed by atoms with van der Waals surface area (Å²) in [4.78, 5) is 30.7. The molecular formula is C26H32N8O. The Balaban J connectivity index is 1.32. The van der Waals surface area contributed by atoms with Crippen molar-refractivity contribution < 1.29 is 4.79 Å². The Morgan fingerprint density at radius 3 is 2.57 bits per heavy atom. The Morgan fingerprint density at radius 2 is 1.71 bits per heavy atom. The number of aromatic nitrogens is 3. The number of hydrogen-bond acceptors (Lipinski definition) is 8. The van der Waals surface area contributed by atoms with Gasteiger partial charge in [0.05, 0.1) is 12.2 Å². The van der Waals surface area contributed by atoms with Gasteiger partial charge < -0.3 is 20.9 Å². The molecule has 0 unspecified atom stereocenters.